The van der Waals surface area contributed by atoms with E-state index in [1.807, 2.05) is 102 Å². The average Bonchev–Trinajstić information content (AvgIpc) is 3.19. The van der Waals surface area contributed by atoms with E-state index in [0.717, 1.165) is 27.2 Å². The van der Waals surface area contributed by atoms with Gasteiger partial charge in [-0.25, -0.2) is 5.01 Å². The van der Waals surface area contributed by atoms with Gasteiger partial charge in [-0.15, -0.1) is 0 Å². The Morgan fingerprint density at radius 2 is 1.30 bits per heavy atom. The molecule has 0 aliphatic carbocycles. The van der Waals surface area contributed by atoms with Crippen molar-refractivity contribution < 1.29 is 4.42 Å². The summed E-state index contributed by atoms with van der Waals surface area (Å²) in [7, 11) is 0. The smallest absolute Gasteiger partial charge is 0.147 e. The van der Waals surface area contributed by atoms with Gasteiger partial charge in [-0.05, 0) is 48.5 Å². The Bertz CT molecular complexity index is 985. The van der Waals surface area contributed by atoms with Crippen LogP contribution in [0.15, 0.2) is 111 Å². The Kier molecular flexibility index (Phi) is 5.17. The first-order valence-electron chi connectivity index (χ1n) is 8.59. The second-order valence-electron chi connectivity index (χ2n) is 5.94. The monoisotopic (exact) mass is 416 g/mol. The molecule has 0 amide bonds. The predicted molar refractivity (Wildman–Crippen MR) is 114 cm³/mol. The third-order valence-corrected chi connectivity index (χ3v) is 4.59. The minimum atomic E-state index is 0.699. The van der Waals surface area contributed by atoms with Gasteiger partial charge in [0.15, 0.2) is 0 Å². The molecule has 0 atom stereocenters. The zero-order valence-electron chi connectivity index (χ0n) is 14.5. The fourth-order valence-corrected chi connectivity index (χ4v) is 2.99. The maximum absolute atomic E-state index is 5.94. The van der Waals surface area contributed by atoms with Crippen molar-refractivity contribution in [1.82, 2.24) is 0 Å². The molecule has 0 N–H and O–H groups in total. The van der Waals surface area contributed by atoms with E-state index in [0.29, 0.717) is 5.76 Å². The van der Waals surface area contributed by atoms with Crippen LogP contribution >= 0.6 is 15.9 Å². The normalized spacial score (nSPS) is 11.0. The van der Waals surface area contributed by atoms with Crippen LogP contribution in [0.2, 0.25) is 0 Å². The highest BCUT2D eigenvalue weighted by Gasteiger charge is 2.08. The van der Waals surface area contributed by atoms with E-state index in [1.54, 1.807) is 6.21 Å². The van der Waals surface area contributed by atoms with Crippen molar-refractivity contribution in [3.8, 4) is 11.3 Å². The van der Waals surface area contributed by atoms with Gasteiger partial charge in [-0.3, -0.25) is 0 Å². The van der Waals surface area contributed by atoms with Gasteiger partial charge >= 0.3 is 0 Å². The molecule has 0 radical (unpaired) electrons. The predicted octanol–water partition coefficient (Wildman–Crippen LogP) is 6.88. The average molecular weight is 417 g/mol. The lowest BCUT2D eigenvalue weighted by Gasteiger charge is -2.18. The molecule has 27 heavy (non-hydrogen) atoms. The molecule has 1 aromatic heterocycles. The Hall–Kier alpha value is -3.11. The Morgan fingerprint density at radius 1 is 0.704 bits per heavy atom. The van der Waals surface area contributed by atoms with Gasteiger partial charge in [0.1, 0.15) is 11.5 Å². The van der Waals surface area contributed by atoms with E-state index in [9.17, 15) is 0 Å². The van der Waals surface area contributed by atoms with Crippen LogP contribution in [0.5, 0.6) is 0 Å². The third-order valence-electron chi connectivity index (χ3n) is 4.06. The van der Waals surface area contributed by atoms with Crippen molar-refractivity contribution in [1.29, 1.82) is 0 Å². The van der Waals surface area contributed by atoms with Gasteiger partial charge in [0.2, 0.25) is 0 Å². The first-order valence-corrected chi connectivity index (χ1v) is 9.39. The summed E-state index contributed by atoms with van der Waals surface area (Å²) in [6, 6.07) is 32.0. The molecule has 3 nitrogen and oxygen atoms in total. The number of hydrogen-bond donors (Lipinski definition) is 0. The van der Waals surface area contributed by atoms with Crippen LogP contribution in [0.3, 0.4) is 0 Å². The van der Waals surface area contributed by atoms with Crippen LogP contribution in [0.4, 0.5) is 11.4 Å². The molecule has 4 heteroatoms. The summed E-state index contributed by atoms with van der Waals surface area (Å²) in [6.07, 6.45) is 1.74. The van der Waals surface area contributed by atoms with Crippen LogP contribution in [-0.4, -0.2) is 6.21 Å². The molecule has 4 rings (SSSR count). The first kappa shape index (κ1) is 17.3. The van der Waals surface area contributed by atoms with E-state index in [-0.39, 0.29) is 0 Å². The molecule has 1 heterocycles. The molecule has 0 saturated carbocycles. The summed E-state index contributed by atoms with van der Waals surface area (Å²) in [5, 5.41) is 6.55. The number of hydrazone groups is 1. The molecule has 0 spiro atoms. The van der Waals surface area contributed by atoms with Crippen molar-refractivity contribution in [2.45, 2.75) is 0 Å². The van der Waals surface area contributed by atoms with Crippen molar-refractivity contribution >= 4 is 33.5 Å². The van der Waals surface area contributed by atoms with Crippen LogP contribution in [0.25, 0.3) is 11.3 Å². The summed E-state index contributed by atoms with van der Waals surface area (Å²) in [6.45, 7) is 0. The Morgan fingerprint density at radius 3 is 1.89 bits per heavy atom. The number of benzene rings is 3. The standard InChI is InChI=1S/C23H17BrN2O/c24-19-13-11-18(12-14-19)23-16-15-22(27-23)17-25-26(20-7-3-1-4-8-20)21-9-5-2-6-10-21/h1-17H/b25-17+. The molecule has 0 aliphatic heterocycles. The van der Waals surface area contributed by atoms with Crippen molar-refractivity contribution in [2.24, 2.45) is 5.10 Å². The van der Waals surface area contributed by atoms with E-state index in [2.05, 4.69) is 21.0 Å². The maximum atomic E-state index is 5.94. The number of furan rings is 1. The second-order valence-corrected chi connectivity index (χ2v) is 6.85. The van der Waals surface area contributed by atoms with Crippen LogP contribution in [0, 0.1) is 0 Å². The minimum Gasteiger partial charge on any atom is -0.455 e. The lowest BCUT2D eigenvalue weighted by molar-refractivity contribution is 0.575. The van der Waals surface area contributed by atoms with E-state index in [4.69, 9.17) is 4.42 Å². The fourth-order valence-electron chi connectivity index (χ4n) is 2.73. The number of anilines is 2. The van der Waals surface area contributed by atoms with Crippen molar-refractivity contribution in [3.05, 3.63) is 107 Å². The molecule has 0 aliphatic rings. The number of halogens is 1. The number of nitrogens with zero attached hydrogens (tertiary/aromatic N) is 2. The number of para-hydroxylation sites is 2. The highest BCUT2D eigenvalue weighted by atomic mass is 79.9. The molecule has 0 saturated heterocycles. The molecule has 4 aromatic rings. The summed E-state index contributed by atoms with van der Waals surface area (Å²) >= 11 is 3.45. The van der Waals surface area contributed by atoms with E-state index < -0.39 is 0 Å². The van der Waals surface area contributed by atoms with Crippen LogP contribution < -0.4 is 5.01 Å². The SMILES string of the molecule is Brc1ccc(-c2ccc(/C=N/N(c3ccccc3)c3ccccc3)o2)cc1. The molecule has 0 fully saturated rings. The van der Waals surface area contributed by atoms with E-state index in [1.165, 1.54) is 0 Å². The van der Waals surface area contributed by atoms with Gasteiger partial charge < -0.3 is 4.42 Å². The quantitative estimate of drug-likeness (QED) is 0.262. The zero-order chi connectivity index (χ0) is 18.5. The molecular weight excluding hydrogens is 400 g/mol. The largest absolute Gasteiger partial charge is 0.455 e. The van der Waals surface area contributed by atoms with Crippen LogP contribution in [-0.2, 0) is 0 Å². The first-order chi connectivity index (χ1) is 13.3. The maximum Gasteiger partial charge on any atom is 0.147 e. The highest BCUT2D eigenvalue weighted by molar-refractivity contribution is 9.10. The van der Waals surface area contributed by atoms with Gasteiger partial charge in [0, 0.05) is 10.0 Å². The minimum absolute atomic E-state index is 0.699. The molecule has 3 aromatic carbocycles. The van der Waals surface area contributed by atoms with Gasteiger partial charge in [-0.2, -0.15) is 5.10 Å². The van der Waals surface area contributed by atoms with Crippen molar-refractivity contribution in [2.75, 3.05) is 5.01 Å². The molecule has 0 bridgehead atoms. The highest BCUT2D eigenvalue weighted by Crippen LogP contribution is 2.26. The van der Waals surface area contributed by atoms with Gasteiger partial charge in [-0.1, -0.05) is 64.5 Å². The Balaban J connectivity index is 1.62. The summed E-state index contributed by atoms with van der Waals surface area (Å²) in [4.78, 5) is 0. The number of rotatable bonds is 5. The lowest BCUT2D eigenvalue weighted by Crippen LogP contribution is -2.08. The summed E-state index contributed by atoms with van der Waals surface area (Å²) in [5.74, 6) is 1.51. The fraction of sp³-hybridized carbons (Fsp3) is 0. The molecule has 0 unspecified atom stereocenters. The lowest BCUT2D eigenvalue weighted by atomic mass is 10.2. The van der Waals surface area contributed by atoms with Crippen LogP contribution in [0.1, 0.15) is 5.76 Å². The molecular formula is C23H17BrN2O. The summed E-state index contributed by atoms with van der Waals surface area (Å²) in [5.41, 5.74) is 3.00. The summed E-state index contributed by atoms with van der Waals surface area (Å²) < 4.78 is 6.98. The topological polar surface area (TPSA) is 28.7 Å². The van der Waals surface area contributed by atoms with Crippen molar-refractivity contribution in [3.63, 3.8) is 0 Å². The van der Waals surface area contributed by atoms with Gasteiger partial charge in [0.05, 0.1) is 17.6 Å². The van der Waals surface area contributed by atoms with E-state index >= 15 is 0 Å². The zero-order valence-corrected chi connectivity index (χ0v) is 16.1. The number of hydrogen-bond acceptors (Lipinski definition) is 3. The second kappa shape index (κ2) is 8.06. The third kappa shape index (κ3) is 4.18. The molecule has 132 valence electrons. The van der Waals surface area contributed by atoms with Gasteiger partial charge in [0.25, 0.3) is 0 Å². The Labute approximate surface area is 166 Å².